The van der Waals surface area contributed by atoms with Gasteiger partial charge in [-0.25, -0.2) is 0 Å². The highest BCUT2D eigenvalue weighted by Gasteiger charge is 2.33. The van der Waals surface area contributed by atoms with Crippen LogP contribution in [0.2, 0.25) is 0 Å². The SMILES string of the molecule is CC1CCC(C(=O)C2CCCCS2)O1. The molecule has 0 aliphatic carbocycles. The van der Waals surface area contributed by atoms with Crippen molar-refractivity contribution in [3.63, 3.8) is 0 Å². The van der Waals surface area contributed by atoms with Crippen LogP contribution in [0, 0.1) is 0 Å². The van der Waals surface area contributed by atoms with Gasteiger partial charge in [-0.05, 0) is 38.4 Å². The van der Waals surface area contributed by atoms with Crippen molar-refractivity contribution >= 4 is 17.5 Å². The summed E-state index contributed by atoms with van der Waals surface area (Å²) in [6, 6.07) is 0. The molecule has 2 aliphatic heterocycles. The minimum Gasteiger partial charge on any atom is -0.367 e. The molecule has 0 amide bonds. The summed E-state index contributed by atoms with van der Waals surface area (Å²) >= 11 is 1.83. The summed E-state index contributed by atoms with van der Waals surface area (Å²) in [5, 5.41) is 0.235. The van der Waals surface area contributed by atoms with Gasteiger partial charge in [-0.15, -0.1) is 0 Å². The number of hydrogen-bond donors (Lipinski definition) is 0. The Bertz CT molecular complexity index is 205. The van der Waals surface area contributed by atoms with Crippen molar-refractivity contribution in [1.82, 2.24) is 0 Å². The fourth-order valence-electron chi connectivity index (χ4n) is 2.18. The third-order valence-electron chi connectivity index (χ3n) is 3.05. The average Bonchev–Trinajstić information content (AvgIpc) is 2.65. The second kappa shape index (κ2) is 4.67. The molecule has 3 unspecified atom stereocenters. The number of rotatable bonds is 2. The Labute approximate surface area is 89.8 Å². The van der Waals surface area contributed by atoms with Gasteiger partial charge in [0.25, 0.3) is 0 Å². The molecule has 0 N–H and O–H groups in total. The quantitative estimate of drug-likeness (QED) is 0.706. The smallest absolute Gasteiger partial charge is 0.174 e. The first-order valence-corrected chi connectivity index (χ1v) is 6.63. The molecule has 0 saturated carbocycles. The minimum atomic E-state index is -0.0828. The van der Waals surface area contributed by atoms with E-state index in [0.29, 0.717) is 5.78 Å². The third-order valence-corrected chi connectivity index (χ3v) is 4.44. The normalized spacial score (nSPS) is 38.5. The lowest BCUT2D eigenvalue weighted by molar-refractivity contribution is -0.129. The van der Waals surface area contributed by atoms with Crippen molar-refractivity contribution in [3.8, 4) is 0 Å². The predicted octanol–water partition coefficient (Wildman–Crippen LogP) is 2.41. The molecule has 3 heteroatoms. The zero-order valence-electron chi connectivity index (χ0n) is 8.70. The number of carbonyl (C=O) groups excluding carboxylic acids is 1. The number of Topliss-reactive ketones (excluding diaryl/α,β-unsaturated/α-hetero) is 1. The zero-order valence-corrected chi connectivity index (χ0v) is 9.52. The topological polar surface area (TPSA) is 26.3 Å². The number of ether oxygens (including phenoxy) is 1. The van der Waals surface area contributed by atoms with E-state index in [4.69, 9.17) is 4.74 Å². The summed E-state index contributed by atoms with van der Waals surface area (Å²) < 4.78 is 5.61. The number of thioether (sulfide) groups is 1. The molecule has 0 aromatic rings. The molecule has 80 valence electrons. The monoisotopic (exact) mass is 214 g/mol. The third kappa shape index (κ3) is 2.31. The molecule has 0 bridgehead atoms. The molecular weight excluding hydrogens is 196 g/mol. The standard InChI is InChI=1S/C11H18O2S/c1-8-5-6-9(13-8)11(12)10-4-2-3-7-14-10/h8-10H,2-7H2,1H3. The second-order valence-corrected chi connectivity index (χ2v) is 5.58. The van der Waals surface area contributed by atoms with E-state index in [1.54, 1.807) is 0 Å². The van der Waals surface area contributed by atoms with Crippen molar-refractivity contribution in [2.45, 2.75) is 56.5 Å². The first-order chi connectivity index (χ1) is 6.77. The molecule has 2 aliphatic rings. The van der Waals surface area contributed by atoms with Gasteiger partial charge in [0, 0.05) is 0 Å². The second-order valence-electron chi connectivity index (χ2n) is 4.27. The van der Waals surface area contributed by atoms with Gasteiger partial charge in [0.05, 0.1) is 11.4 Å². The van der Waals surface area contributed by atoms with Crippen LogP contribution in [-0.2, 0) is 9.53 Å². The van der Waals surface area contributed by atoms with Gasteiger partial charge in [-0.2, -0.15) is 11.8 Å². The van der Waals surface area contributed by atoms with Crippen LogP contribution in [0.15, 0.2) is 0 Å². The first kappa shape index (κ1) is 10.5. The van der Waals surface area contributed by atoms with E-state index >= 15 is 0 Å². The molecule has 0 radical (unpaired) electrons. The summed E-state index contributed by atoms with van der Waals surface area (Å²) in [7, 11) is 0. The van der Waals surface area contributed by atoms with Crippen molar-refractivity contribution < 1.29 is 9.53 Å². The first-order valence-electron chi connectivity index (χ1n) is 5.58. The molecule has 2 rings (SSSR count). The predicted molar refractivity (Wildman–Crippen MR) is 58.7 cm³/mol. The fraction of sp³-hybridized carbons (Fsp3) is 0.909. The van der Waals surface area contributed by atoms with Crippen molar-refractivity contribution in [3.05, 3.63) is 0 Å². The Morgan fingerprint density at radius 3 is 2.71 bits per heavy atom. The van der Waals surface area contributed by atoms with E-state index in [-0.39, 0.29) is 17.5 Å². The lowest BCUT2D eigenvalue weighted by atomic mass is 10.0. The molecule has 14 heavy (non-hydrogen) atoms. The van der Waals surface area contributed by atoms with Crippen LogP contribution < -0.4 is 0 Å². The van der Waals surface area contributed by atoms with E-state index in [9.17, 15) is 4.79 Å². The van der Waals surface area contributed by atoms with Crippen LogP contribution in [0.5, 0.6) is 0 Å². The van der Waals surface area contributed by atoms with E-state index in [1.165, 1.54) is 12.8 Å². The molecule has 2 heterocycles. The maximum Gasteiger partial charge on any atom is 0.174 e. The molecule has 0 aromatic carbocycles. The van der Waals surface area contributed by atoms with Gasteiger partial charge >= 0.3 is 0 Å². The summed E-state index contributed by atoms with van der Waals surface area (Å²) in [4.78, 5) is 12.0. The van der Waals surface area contributed by atoms with Crippen LogP contribution in [0.1, 0.15) is 39.0 Å². The molecule has 2 nitrogen and oxygen atoms in total. The summed E-state index contributed by atoms with van der Waals surface area (Å²) in [5.74, 6) is 1.51. The number of ketones is 1. The summed E-state index contributed by atoms with van der Waals surface area (Å²) in [6.45, 7) is 2.06. The van der Waals surface area contributed by atoms with Gasteiger partial charge in [0.15, 0.2) is 5.78 Å². The molecular formula is C11H18O2S. The van der Waals surface area contributed by atoms with E-state index in [0.717, 1.165) is 25.0 Å². The summed E-state index contributed by atoms with van der Waals surface area (Å²) in [6.07, 6.45) is 5.75. The molecule has 0 aromatic heterocycles. The Kier molecular flexibility index (Phi) is 3.50. The van der Waals surface area contributed by atoms with E-state index in [1.807, 2.05) is 11.8 Å². The fourth-order valence-corrected chi connectivity index (χ4v) is 3.49. The average molecular weight is 214 g/mol. The van der Waals surface area contributed by atoms with Gasteiger partial charge in [-0.1, -0.05) is 6.42 Å². The minimum absolute atomic E-state index is 0.0828. The Hall–Kier alpha value is -0.0200. The largest absolute Gasteiger partial charge is 0.367 e. The molecule has 2 saturated heterocycles. The number of hydrogen-bond acceptors (Lipinski definition) is 3. The van der Waals surface area contributed by atoms with Gasteiger partial charge in [0.2, 0.25) is 0 Å². The molecule has 0 spiro atoms. The van der Waals surface area contributed by atoms with E-state index < -0.39 is 0 Å². The van der Waals surface area contributed by atoms with Gasteiger partial charge in [-0.3, -0.25) is 4.79 Å². The van der Waals surface area contributed by atoms with Crippen LogP contribution in [0.25, 0.3) is 0 Å². The lowest BCUT2D eigenvalue weighted by Gasteiger charge is -2.22. The highest BCUT2D eigenvalue weighted by Crippen LogP contribution is 2.30. The number of carbonyl (C=O) groups is 1. The van der Waals surface area contributed by atoms with E-state index in [2.05, 4.69) is 6.92 Å². The van der Waals surface area contributed by atoms with Crippen LogP contribution in [0.3, 0.4) is 0 Å². The highest BCUT2D eigenvalue weighted by molar-refractivity contribution is 8.00. The molecule has 3 atom stereocenters. The summed E-state index contributed by atoms with van der Waals surface area (Å²) in [5.41, 5.74) is 0. The Balaban J connectivity index is 1.87. The maximum absolute atomic E-state index is 12.0. The van der Waals surface area contributed by atoms with Gasteiger partial charge in [0.1, 0.15) is 6.10 Å². The van der Waals surface area contributed by atoms with Crippen molar-refractivity contribution in [1.29, 1.82) is 0 Å². The maximum atomic E-state index is 12.0. The van der Waals surface area contributed by atoms with Crippen molar-refractivity contribution in [2.75, 3.05) is 5.75 Å². The zero-order chi connectivity index (χ0) is 9.97. The van der Waals surface area contributed by atoms with Crippen LogP contribution >= 0.6 is 11.8 Å². The highest BCUT2D eigenvalue weighted by atomic mass is 32.2. The Morgan fingerprint density at radius 1 is 1.29 bits per heavy atom. The van der Waals surface area contributed by atoms with Gasteiger partial charge < -0.3 is 4.74 Å². The Morgan fingerprint density at radius 2 is 2.14 bits per heavy atom. The molecule has 2 fully saturated rings. The van der Waals surface area contributed by atoms with Crippen molar-refractivity contribution in [2.24, 2.45) is 0 Å². The lowest BCUT2D eigenvalue weighted by Crippen LogP contribution is -2.31. The van der Waals surface area contributed by atoms with Crippen LogP contribution in [-0.4, -0.2) is 29.0 Å². The van der Waals surface area contributed by atoms with Crippen LogP contribution in [0.4, 0.5) is 0 Å².